The summed E-state index contributed by atoms with van der Waals surface area (Å²) in [5.74, 6) is 0.687. The quantitative estimate of drug-likeness (QED) is 0.817. The number of pyridine rings is 1. The van der Waals surface area contributed by atoms with E-state index in [1.165, 1.54) is 0 Å². The van der Waals surface area contributed by atoms with E-state index in [9.17, 15) is 4.79 Å². The van der Waals surface area contributed by atoms with Gasteiger partial charge in [-0.3, -0.25) is 4.79 Å². The Hall–Kier alpha value is -1.62. The third-order valence-corrected chi connectivity index (χ3v) is 2.59. The average molecular weight is 264 g/mol. The fourth-order valence-corrected chi connectivity index (χ4v) is 1.97. The molecular weight excluding hydrogens is 240 g/mol. The van der Waals surface area contributed by atoms with Crippen LogP contribution in [-0.4, -0.2) is 49.0 Å². The molecule has 1 rings (SSSR count). The number of nitrogens with zero attached hydrogens (tertiary/aromatic N) is 2. The van der Waals surface area contributed by atoms with Gasteiger partial charge in [-0.2, -0.15) is 0 Å². The highest BCUT2D eigenvalue weighted by Gasteiger charge is 2.12. The van der Waals surface area contributed by atoms with Crippen LogP contribution in [0.25, 0.3) is 0 Å². The van der Waals surface area contributed by atoms with Crippen LogP contribution in [0.4, 0.5) is 5.82 Å². The number of hydrogen-bond acceptors (Lipinski definition) is 4. The lowest BCUT2D eigenvalue weighted by Gasteiger charge is -2.18. The summed E-state index contributed by atoms with van der Waals surface area (Å²) in [5, 5.41) is 6.12. The second-order valence-corrected chi connectivity index (χ2v) is 5.05. The van der Waals surface area contributed by atoms with Crippen LogP contribution < -0.4 is 10.6 Å². The standard InChI is InChI=1S/C14H24N4O/c1-6-15-13-8-12(7-10(2)16-13)14(19)17-11(3)9-18(4)5/h7-8,11H,6,9H2,1-5H3,(H,15,16)(H,17,19). The number of rotatable bonds is 6. The average Bonchev–Trinajstić information content (AvgIpc) is 2.27. The summed E-state index contributed by atoms with van der Waals surface area (Å²) in [6.07, 6.45) is 0. The number of nitrogens with one attached hydrogen (secondary N) is 2. The van der Waals surface area contributed by atoms with Crippen molar-refractivity contribution in [3.8, 4) is 0 Å². The van der Waals surface area contributed by atoms with E-state index in [0.717, 1.165) is 24.6 Å². The molecule has 0 aliphatic heterocycles. The topological polar surface area (TPSA) is 57.3 Å². The van der Waals surface area contributed by atoms with E-state index >= 15 is 0 Å². The number of aryl methyl sites for hydroxylation is 1. The van der Waals surface area contributed by atoms with Gasteiger partial charge in [0, 0.05) is 30.4 Å². The van der Waals surface area contributed by atoms with Crippen molar-refractivity contribution in [2.45, 2.75) is 26.8 Å². The Kier molecular flexibility index (Phi) is 5.76. The Labute approximate surface area is 115 Å². The van der Waals surface area contributed by atoms with E-state index < -0.39 is 0 Å². The van der Waals surface area contributed by atoms with Crippen molar-refractivity contribution in [2.24, 2.45) is 0 Å². The molecule has 1 unspecified atom stereocenters. The van der Waals surface area contributed by atoms with Gasteiger partial charge in [-0.05, 0) is 47.0 Å². The molecule has 0 bridgehead atoms. The molecule has 0 radical (unpaired) electrons. The molecule has 0 aliphatic rings. The number of carbonyl (C=O) groups excluding carboxylic acids is 1. The van der Waals surface area contributed by atoms with Crippen molar-refractivity contribution in [1.82, 2.24) is 15.2 Å². The molecule has 5 nitrogen and oxygen atoms in total. The Morgan fingerprint density at radius 3 is 2.68 bits per heavy atom. The van der Waals surface area contributed by atoms with Gasteiger partial charge >= 0.3 is 0 Å². The number of anilines is 1. The highest BCUT2D eigenvalue weighted by atomic mass is 16.1. The summed E-state index contributed by atoms with van der Waals surface area (Å²) in [7, 11) is 3.98. The molecule has 1 atom stereocenters. The number of likely N-dealkylation sites (N-methyl/N-ethyl adjacent to an activating group) is 1. The Bertz CT molecular complexity index is 431. The van der Waals surface area contributed by atoms with Gasteiger partial charge in [0.2, 0.25) is 0 Å². The van der Waals surface area contributed by atoms with Crippen molar-refractivity contribution in [1.29, 1.82) is 0 Å². The minimum absolute atomic E-state index is 0.0565. The normalized spacial score (nSPS) is 12.3. The minimum Gasteiger partial charge on any atom is -0.370 e. The summed E-state index contributed by atoms with van der Waals surface area (Å²) in [6, 6.07) is 3.70. The largest absolute Gasteiger partial charge is 0.370 e. The molecular formula is C14H24N4O. The molecule has 106 valence electrons. The van der Waals surface area contributed by atoms with Gasteiger partial charge in [-0.1, -0.05) is 0 Å². The van der Waals surface area contributed by atoms with Crippen LogP contribution in [0.3, 0.4) is 0 Å². The molecule has 1 aromatic heterocycles. The highest BCUT2D eigenvalue weighted by Crippen LogP contribution is 2.10. The second kappa shape index (κ2) is 7.09. The van der Waals surface area contributed by atoms with E-state index in [4.69, 9.17) is 0 Å². The van der Waals surface area contributed by atoms with Crippen molar-refractivity contribution in [3.63, 3.8) is 0 Å². The van der Waals surface area contributed by atoms with E-state index in [1.54, 1.807) is 12.1 Å². The van der Waals surface area contributed by atoms with Crippen molar-refractivity contribution in [2.75, 3.05) is 32.5 Å². The Morgan fingerprint density at radius 1 is 1.42 bits per heavy atom. The zero-order chi connectivity index (χ0) is 14.4. The van der Waals surface area contributed by atoms with E-state index in [2.05, 4.69) is 15.6 Å². The molecule has 1 heterocycles. The van der Waals surface area contributed by atoms with Gasteiger partial charge in [-0.15, -0.1) is 0 Å². The number of aromatic nitrogens is 1. The summed E-state index contributed by atoms with van der Waals surface area (Å²) >= 11 is 0. The monoisotopic (exact) mass is 264 g/mol. The summed E-state index contributed by atoms with van der Waals surface area (Å²) in [6.45, 7) is 7.49. The second-order valence-electron chi connectivity index (χ2n) is 5.05. The predicted molar refractivity (Wildman–Crippen MR) is 78.6 cm³/mol. The maximum atomic E-state index is 12.2. The van der Waals surface area contributed by atoms with Crippen LogP contribution >= 0.6 is 0 Å². The van der Waals surface area contributed by atoms with Crippen molar-refractivity contribution < 1.29 is 4.79 Å². The summed E-state index contributed by atoms with van der Waals surface area (Å²) in [5.41, 5.74) is 1.48. The molecule has 0 saturated heterocycles. The molecule has 1 aromatic rings. The number of amides is 1. The number of carbonyl (C=O) groups is 1. The Balaban J connectivity index is 2.76. The molecule has 0 aromatic carbocycles. The molecule has 5 heteroatoms. The third kappa shape index (κ3) is 5.26. The SMILES string of the molecule is CCNc1cc(C(=O)NC(C)CN(C)C)cc(C)n1. The van der Waals surface area contributed by atoms with Gasteiger partial charge in [0.05, 0.1) is 0 Å². The van der Waals surface area contributed by atoms with Crippen LogP contribution in [0, 0.1) is 6.92 Å². The molecule has 1 amide bonds. The van der Waals surface area contributed by atoms with E-state index in [0.29, 0.717) is 5.56 Å². The van der Waals surface area contributed by atoms with Crippen molar-refractivity contribution in [3.05, 3.63) is 23.4 Å². The molecule has 2 N–H and O–H groups in total. The lowest BCUT2D eigenvalue weighted by atomic mass is 10.2. The molecule has 19 heavy (non-hydrogen) atoms. The lowest BCUT2D eigenvalue weighted by Crippen LogP contribution is -2.39. The van der Waals surface area contributed by atoms with Crippen LogP contribution in [0.5, 0.6) is 0 Å². The van der Waals surface area contributed by atoms with E-state index in [1.807, 2.05) is 39.8 Å². The molecule has 0 spiro atoms. The van der Waals surface area contributed by atoms with Gasteiger partial charge < -0.3 is 15.5 Å². The number of hydrogen-bond donors (Lipinski definition) is 2. The Morgan fingerprint density at radius 2 is 2.11 bits per heavy atom. The van der Waals surface area contributed by atoms with Crippen LogP contribution in [0.2, 0.25) is 0 Å². The smallest absolute Gasteiger partial charge is 0.251 e. The zero-order valence-corrected chi connectivity index (χ0v) is 12.4. The van der Waals surface area contributed by atoms with Gasteiger partial charge in [-0.25, -0.2) is 4.98 Å². The van der Waals surface area contributed by atoms with E-state index in [-0.39, 0.29) is 11.9 Å². The molecule has 0 aliphatic carbocycles. The first-order valence-corrected chi connectivity index (χ1v) is 6.60. The predicted octanol–water partition coefficient (Wildman–Crippen LogP) is 1.50. The third-order valence-electron chi connectivity index (χ3n) is 2.59. The van der Waals surface area contributed by atoms with Crippen molar-refractivity contribution >= 4 is 11.7 Å². The first-order chi connectivity index (χ1) is 8.92. The summed E-state index contributed by atoms with van der Waals surface area (Å²) < 4.78 is 0. The fourth-order valence-electron chi connectivity index (χ4n) is 1.97. The highest BCUT2D eigenvalue weighted by molar-refractivity contribution is 5.95. The lowest BCUT2D eigenvalue weighted by molar-refractivity contribution is 0.0934. The minimum atomic E-state index is -0.0565. The van der Waals surface area contributed by atoms with Crippen LogP contribution in [0.1, 0.15) is 29.9 Å². The maximum absolute atomic E-state index is 12.2. The zero-order valence-electron chi connectivity index (χ0n) is 12.4. The van der Waals surface area contributed by atoms with Gasteiger partial charge in [0.1, 0.15) is 5.82 Å². The fraction of sp³-hybridized carbons (Fsp3) is 0.571. The van der Waals surface area contributed by atoms with Gasteiger partial charge in [0.25, 0.3) is 5.91 Å². The van der Waals surface area contributed by atoms with Gasteiger partial charge in [0.15, 0.2) is 0 Å². The molecule has 0 fully saturated rings. The first-order valence-electron chi connectivity index (χ1n) is 6.60. The molecule has 0 saturated carbocycles. The first kappa shape index (κ1) is 15.4. The summed E-state index contributed by atoms with van der Waals surface area (Å²) in [4.78, 5) is 18.5. The maximum Gasteiger partial charge on any atom is 0.251 e. The van der Waals surface area contributed by atoms with Crippen LogP contribution in [0.15, 0.2) is 12.1 Å². The van der Waals surface area contributed by atoms with Crippen LogP contribution in [-0.2, 0) is 0 Å².